The highest BCUT2D eigenvalue weighted by Crippen LogP contribution is 2.47. The number of aliphatic hydroxyl groups is 1. The molecule has 0 saturated heterocycles. The van der Waals surface area contributed by atoms with Gasteiger partial charge in [0.2, 0.25) is 0 Å². The minimum Gasteiger partial charge on any atom is -0.497 e. The summed E-state index contributed by atoms with van der Waals surface area (Å²) >= 11 is 0. The molecule has 0 radical (unpaired) electrons. The molecule has 1 saturated carbocycles. The number of rotatable bonds is 9. The van der Waals surface area contributed by atoms with Gasteiger partial charge in [-0.15, -0.1) is 0 Å². The summed E-state index contributed by atoms with van der Waals surface area (Å²) in [6, 6.07) is 15.0. The van der Waals surface area contributed by atoms with E-state index in [9.17, 15) is 9.90 Å². The van der Waals surface area contributed by atoms with Crippen molar-refractivity contribution < 1.29 is 29.2 Å². The Kier molecular flexibility index (Phi) is 7.00. The number of aliphatic carboxylic acids is 1. The number of benzene rings is 2. The number of carboxylic acids is 1. The number of carbonyl (C=O) groups is 1. The summed E-state index contributed by atoms with van der Waals surface area (Å²) in [6.07, 6.45) is 3.77. The maximum atomic E-state index is 11.3. The zero-order valence-electron chi connectivity index (χ0n) is 17.6. The lowest BCUT2D eigenvalue weighted by atomic mass is 9.66. The fourth-order valence-electron chi connectivity index (χ4n) is 3.93. The molecular weight excluding hydrogens is 384 g/mol. The van der Waals surface area contributed by atoms with Crippen molar-refractivity contribution in [2.24, 2.45) is 5.41 Å². The average molecular weight is 414 g/mol. The van der Waals surface area contributed by atoms with Crippen LogP contribution in [0.15, 0.2) is 48.5 Å². The minimum atomic E-state index is -0.950. The van der Waals surface area contributed by atoms with E-state index in [2.05, 4.69) is 6.92 Å². The molecule has 6 heteroatoms. The quantitative estimate of drug-likeness (QED) is 0.576. The third kappa shape index (κ3) is 5.74. The lowest BCUT2D eigenvalue weighted by Gasteiger charge is -2.42. The zero-order chi connectivity index (χ0) is 21.6. The molecule has 2 aromatic rings. The fourth-order valence-corrected chi connectivity index (χ4v) is 3.93. The molecule has 0 atom stereocenters. The summed E-state index contributed by atoms with van der Waals surface area (Å²) in [5.41, 5.74) is 0.00121. The Morgan fingerprint density at radius 3 is 2.30 bits per heavy atom. The Balaban J connectivity index is 1.62. The first-order valence-corrected chi connectivity index (χ1v) is 10.3. The van der Waals surface area contributed by atoms with Crippen molar-refractivity contribution in [1.82, 2.24) is 0 Å². The van der Waals surface area contributed by atoms with Crippen molar-refractivity contribution in [2.75, 3.05) is 20.3 Å². The highest BCUT2D eigenvalue weighted by Gasteiger charge is 2.40. The first kappa shape index (κ1) is 22.1. The van der Waals surface area contributed by atoms with E-state index in [1.165, 1.54) is 0 Å². The third-order valence-electron chi connectivity index (χ3n) is 6.01. The van der Waals surface area contributed by atoms with E-state index in [4.69, 9.17) is 19.3 Å². The molecule has 30 heavy (non-hydrogen) atoms. The van der Waals surface area contributed by atoms with Crippen LogP contribution in [0.1, 0.15) is 44.6 Å². The van der Waals surface area contributed by atoms with Crippen molar-refractivity contribution >= 4 is 5.97 Å². The summed E-state index contributed by atoms with van der Waals surface area (Å²) in [5, 5.41) is 20.0. The smallest absolute Gasteiger partial charge is 0.329 e. The molecule has 0 heterocycles. The van der Waals surface area contributed by atoms with E-state index >= 15 is 0 Å². The van der Waals surface area contributed by atoms with Gasteiger partial charge in [0.05, 0.1) is 12.7 Å². The van der Waals surface area contributed by atoms with Crippen molar-refractivity contribution in [3.05, 3.63) is 54.1 Å². The van der Waals surface area contributed by atoms with Crippen molar-refractivity contribution in [1.29, 1.82) is 0 Å². The van der Waals surface area contributed by atoms with E-state index in [-0.39, 0.29) is 12.0 Å². The largest absolute Gasteiger partial charge is 0.497 e. The first-order valence-electron chi connectivity index (χ1n) is 10.3. The van der Waals surface area contributed by atoms with Crippen LogP contribution in [0.3, 0.4) is 0 Å². The lowest BCUT2D eigenvalue weighted by Crippen LogP contribution is -2.36. The molecular formula is C24H30O6. The van der Waals surface area contributed by atoms with Gasteiger partial charge in [0.1, 0.15) is 23.9 Å². The van der Waals surface area contributed by atoms with Gasteiger partial charge < -0.3 is 24.4 Å². The van der Waals surface area contributed by atoms with Crippen LogP contribution in [0.25, 0.3) is 0 Å². The van der Waals surface area contributed by atoms with Crippen LogP contribution in [0.4, 0.5) is 0 Å². The number of hydrogen-bond donors (Lipinski definition) is 2. The van der Waals surface area contributed by atoms with Gasteiger partial charge in [0, 0.05) is 12.7 Å². The first-order chi connectivity index (χ1) is 14.3. The van der Waals surface area contributed by atoms with Gasteiger partial charge in [0.25, 0.3) is 0 Å². The zero-order valence-corrected chi connectivity index (χ0v) is 17.6. The molecule has 2 aromatic carbocycles. The number of carboxylic acid groups (broad SMARTS) is 1. The summed E-state index contributed by atoms with van der Waals surface area (Å²) in [5.74, 6) is 1.12. The maximum Gasteiger partial charge on any atom is 0.329 e. The van der Waals surface area contributed by atoms with Crippen LogP contribution < -0.4 is 9.47 Å². The molecule has 162 valence electrons. The van der Waals surface area contributed by atoms with E-state index < -0.39 is 11.6 Å². The highest BCUT2D eigenvalue weighted by molar-refractivity contribution is 5.67. The highest BCUT2D eigenvalue weighted by atomic mass is 16.5. The van der Waals surface area contributed by atoms with Gasteiger partial charge in [-0.25, -0.2) is 4.79 Å². The average Bonchev–Trinajstić information content (AvgIpc) is 2.74. The van der Waals surface area contributed by atoms with Gasteiger partial charge in [-0.3, -0.25) is 0 Å². The second-order valence-electron chi connectivity index (χ2n) is 8.35. The summed E-state index contributed by atoms with van der Waals surface area (Å²) in [7, 11) is 1.62. The Labute approximate surface area is 177 Å². The van der Waals surface area contributed by atoms with E-state index in [1.54, 1.807) is 7.11 Å². The maximum absolute atomic E-state index is 11.3. The number of methoxy groups -OCH3 is 1. The van der Waals surface area contributed by atoms with Gasteiger partial charge in [-0.05, 0) is 67.3 Å². The Hall–Kier alpha value is -2.57. The number of ether oxygens (including phenoxy) is 3. The molecule has 1 fully saturated rings. The monoisotopic (exact) mass is 414 g/mol. The van der Waals surface area contributed by atoms with Crippen LogP contribution in [0.2, 0.25) is 0 Å². The van der Waals surface area contributed by atoms with Gasteiger partial charge in [-0.1, -0.05) is 25.1 Å². The molecule has 0 aliphatic heterocycles. The molecule has 0 unspecified atom stereocenters. The van der Waals surface area contributed by atoms with Gasteiger partial charge in [-0.2, -0.15) is 0 Å². The predicted molar refractivity (Wildman–Crippen MR) is 113 cm³/mol. The van der Waals surface area contributed by atoms with Crippen molar-refractivity contribution in [3.8, 4) is 17.2 Å². The number of hydrogen-bond acceptors (Lipinski definition) is 5. The standard InChI is InChI=1S/C24H30O6/c1-23(13-14-29-17-22(25)26)9-11-24(27,12-10-23)18-5-3-7-20(15-18)30-21-8-4-6-19(16-21)28-2/h3-8,15-16,27H,9-14,17H2,1-2H3,(H,25,26). The van der Waals surface area contributed by atoms with Gasteiger partial charge in [0.15, 0.2) is 0 Å². The summed E-state index contributed by atoms with van der Waals surface area (Å²) in [4.78, 5) is 10.6. The van der Waals surface area contributed by atoms with Crippen LogP contribution in [0.5, 0.6) is 17.2 Å². The van der Waals surface area contributed by atoms with Crippen LogP contribution in [-0.2, 0) is 15.1 Å². The molecule has 1 aliphatic carbocycles. The molecule has 3 rings (SSSR count). The Bertz CT molecular complexity index is 854. The molecule has 0 bridgehead atoms. The molecule has 2 N–H and O–H groups in total. The van der Waals surface area contributed by atoms with E-state index in [1.807, 2.05) is 48.5 Å². The van der Waals surface area contributed by atoms with E-state index in [0.717, 1.165) is 30.6 Å². The Morgan fingerprint density at radius 1 is 1.00 bits per heavy atom. The topological polar surface area (TPSA) is 85.2 Å². The molecule has 1 aliphatic rings. The van der Waals surface area contributed by atoms with Gasteiger partial charge >= 0.3 is 5.97 Å². The second-order valence-corrected chi connectivity index (χ2v) is 8.35. The minimum absolute atomic E-state index is 0.0411. The lowest BCUT2D eigenvalue weighted by molar-refractivity contribution is -0.142. The molecule has 0 amide bonds. The van der Waals surface area contributed by atoms with Crippen molar-refractivity contribution in [2.45, 2.75) is 44.6 Å². The normalized spacial score (nSPS) is 23.7. The molecule has 6 nitrogen and oxygen atoms in total. The Morgan fingerprint density at radius 2 is 1.63 bits per heavy atom. The fraction of sp³-hybridized carbons (Fsp3) is 0.458. The summed E-state index contributed by atoms with van der Waals surface area (Å²) in [6.45, 7) is 2.34. The van der Waals surface area contributed by atoms with E-state index in [0.29, 0.717) is 30.9 Å². The van der Waals surface area contributed by atoms with Crippen LogP contribution in [-0.4, -0.2) is 36.5 Å². The predicted octanol–water partition coefficient (Wildman–Crippen LogP) is 4.75. The van der Waals surface area contributed by atoms with Crippen LogP contribution >= 0.6 is 0 Å². The van der Waals surface area contributed by atoms with Crippen LogP contribution in [0, 0.1) is 5.41 Å². The SMILES string of the molecule is COc1cccc(Oc2cccc(C3(O)CCC(C)(CCOCC(=O)O)CC3)c2)c1. The third-order valence-corrected chi connectivity index (χ3v) is 6.01. The molecule has 0 spiro atoms. The summed E-state index contributed by atoms with van der Waals surface area (Å²) < 4.78 is 16.4. The van der Waals surface area contributed by atoms with Crippen molar-refractivity contribution in [3.63, 3.8) is 0 Å². The second kappa shape index (κ2) is 9.49. The molecule has 0 aromatic heterocycles.